The van der Waals surface area contributed by atoms with Gasteiger partial charge in [-0.2, -0.15) is 0 Å². The van der Waals surface area contributed by atoms with Crippen LogP contribution in [0.15, 0.2) is 24.3 Å². The topological polar surface area (TPSA) is 50.4 Å². The highest BCUT2D eigenvalue weighted by Crippen LogP contribution is 2.20. The van der Waals surface area contributed by atoms with E-state index >= 15 is 0 Å². The molecular weight excluding hydrogens is 240 g/mol. The van der Waals surface area contributed by atoms with Gasteiger partial charge < -0.3 is 15.4 Å². The van der Waals surface area contributed by atoms with Gasteiger partial charge in [-0.05, 0) is 37.7 Å². The standard InChI is InChI=1S/C12H15ClN2O2/c1-14-10-6-11(10)15-12(16)7-17-9-4-2-8(13)3-5-9/h2-5,10-11,14H,6-7H2,1H3,(H,15,16). The third-order valence-corrected chi connectivity index (χ3v) is 2.94. The van der Waals surface area contributed by atoms with Gasteiger partial charge in [0.2, 0.25) is 0 Å². The molecule has 1 fully saturated rings. The van der Waals surface area contributed by atoms with Gasteiger partial charge in [0.25, 0.3) is 5.91 Å². The summed E-state index contributed by atoms with van der Waals surface area (Å²) in [7, 11) is 1.89. The van der Waals surface area contributed by atoms with Gasteiger partial charge in [0.1, 0.15) is 5.75 Å². The fraction of sp³-hybridized carbons (Fsp3) is 0.417. The zero-order chi connectivity index (χ0) is 12.3. The van der Waals surface area contributed by atoms with E-state index in [1.54, 1.807) is 24.3 Å². The second kappa shape index (κ2) is 5.38. The Balaban J connectivity index is 1.71. The van der Waals surface area contributed by atoms with Crippen LogP contribution < -0.4 is 15.4 Å². The summed E-state index contributed by atoms with van der Waals surface area (Å²) in [5.41, 5.74) is 0. The molecule has 0 aromatic heterocycles. The van der Waals surface area contributed by atoms with E-state index in [2.05, 4.69) is 10.6 Å². The molecule has 4 nitrogen and oxygen atoms in total. The van der Waals surface area contributed by atoms with E-state index in [4.69, 9.17) is 16.3 Å². The van der Waals surface area contributed by atoms with Crippen molar-refractivity contribution < 1.29 is 9.53 Å². The SMILES string of the molecule is CNC1CC1NC(=O)COc1ccc(Cl)cc1. The largest absolute Gasteiger partial charge is 0.484 e. The first-order chi connectivity index (χ1) is 8.19. The van der Waals surface area contributed by atoms with E-state index in [1.165, 1.54) is 0 Å². The van der Waals surface area contributed by atoms with Crippen LogP contribution in [-0.4, -0.2) is 31.6 Å². The molecule has 0 spiro atoms. The number of nitrogens with one attached hydrogen (secondary N) is 2. The lowest BCUT2D eigenvalue weighted by atomic mass is 10.3. The lowest BCUT2D eigenvalue weighted by molar-refractivity contribution is -0.123. The lowest BCUT2D eigenvalue weighted by Gasteiger charge is -2.07. The first kappa shape index (κ1) is 12.2. The van der Waals surface area contributed by atoms with Crippen molar-refractivity contribution in [1.29, 1.82) is 0 Å². The van der Waals surface area contributed by atoms with Crippen LogP contribution in [0.25, 0.3) is 0 Å². The Morgan fingerprint density at radius 2 is 2.12 bits per heavy atom. The number of rotatable bonds is 5. The quantitative estimate of drug-likeness (QED) is 0.830. The fourth-order valence-electron chi connectivity index (χ4n) is 1.60. The average molecular weight is 255 g/mol. The van der Waals surface area contributed by atoms with Gasteiger partial charge in [-0.25, -0.2) is 0 Å². The lowest BCUT2D eigenvalue weighted by Crippen LogP contribution is -2.34. The minimum atomic E-state index is -0.0947. The van der Waals surface area contributed by atoms with Gasteiger partial charge in [0, 0.05) is 17.1 Å². The summed E-state index contributed by atoms with van der Waals surface area (Å²) in [5, 5.41) is 6.64. The third-order valence-electron chi connectivity index (χ3n) is 2.69. The summed E-state index contributed by atoms with van der Waals surface area (Å²) in [6.45, 7) is 0.0363. The molecule has 5 heteroatoms. The Morgan fingerprint density at radius 1 is 1.41 bits per heavy atom. The van der Waals surface area contributed by atoms with Crippen LogP contribution >= 0.6 is 11.6 Å². The average Bonchev–Trinajstić information content (AvgIpc) is 3.07. The molecule has 2 N–H and O–H groups in total. The van der Waals surface area contributed by atoms with Crippen molar-refractivity contribution in [2.24, 2.45) is 0 Å². The number of carbonyl (C=O) groups is 1. The summed E-state index contributed by atoms with van der Waals surface area (Å²) in [5.74, 6) is 0.549. The number of hydrogen-bond acceptors (Lipinski definition) is 3. The van der Waals surface area contributed by atoms with Gasteiger partial charge in [0.05, 0.1) is 0 Å². The number of benzene rings is 1. The monoisotopic (exact) mass is 254 g/mol. The number of halogens is 1. The Kier molecular flexibility index (Phi) is 3.86. The summed E-state index contributed by atoms with van der Waals surface area (Å²) in [6.07, 6.45) is 0.989. The van der Waals surface area contributed by atoms with Crippen molar-refractivity contribution in [2.75, 3.05) is 13.7 Å². The smallest absolute Gasteiger partial charge is 0.258 e. The van der Waals surface area contributed by atoms with E-state index in [1.807, 2.05) is 7.05 Å². The van der Waals surface area contributed by atoms with E-state index in [0.717, 1.165) is 6.42 Å². The fourth-order valence-corrected chi connectivity index (χ4v) is 1.73. The zero-order valence-corrected chi connectivity index (χ0v) is 10.3. The maximum atomic E-state index is 11.5. The molecule has 1 aromatic rings. The maximum absolute atomic E-state index is 11.5. The highest BCUT2D eigenvalue weighted by molar-refractivity contribution is 6.30. The van der Waals surface area contributed by atoms with Crippen molar-refractivity contribution in [2.45, 2.75) is 18.5 Å². The predicted octanol–water partition coefficient (Wildman–Crippen LogP) is 1.20. The minimum Gasteiger partial charge on any atom is -0.484 e. The van der Waals surface area contributed by atoms with Crippen LogP contribution in [-0.2, 0) is 4.79 Å². The molecule has 92 valence electrons. The molecule has 17 heavy (non-hydrogen) atoms. The molecule has 1 aromatic carbocycles. The first-order valence-corrected chi connectivity index (χ1v) is 5.92. The number of likely N-dealkylation sites (N-methyl/N-ethyl adjacent to an activating group) is 1. The predicted molar refractivity (Wildman–Crippen MR) is 66.3 cm³/mol. The second-order valence-electron chi connectivity index (χ2n) is 4.05. The minimum absolute atomic E-state index is 0.0363. The van der Waals surface area contributed by atoms with Crippen LogP contribution in [0.4, 0.5) is 0 Å². The highest BCUT2D eigenvalue weighted by atomic mass is 35.5. The normalized spacial score (nSPS) is 22.0. The first-order valence-electron chi connectivity index (χ1n) is 5.54. The van der Waals surface area contributed by atoms with Crippen LogP contribution in [0.3, 0.4) is 0 Å². The zero-order valence-electron chi connectivity index (χ0n) is 9.57. The van der Waals surface area contributed by atoms with Gasteiger partial charge in [-0.1, -0.05) is 11.6 Å². The van der Waals surface area contributed by atoms with Crippen molar-refractivity contribution >= 4 is 17.5 Å². The van der Waals surface area contributed by atoms with Crippen LogP contribution in [0.2, 0.25) is 5.02 Å². The molecule has 1 aliphatic rings. The second-order valence-corrected chi connectivity index (χ2v) is 4.48. The van der Waals surface area contributed by atoms with Gasteiger partial charge in [-0.15, -0.1) is 0 Å². The molecule has 0 bridgehead atoms. The van der Waals surface area contributed by atoms with Crippen LogP contribution in [0, 0.1) is 0 Å². The number of carbonyl (C=O) groups excluding carboxylic acids is 1. The summed E-state index contributed by atoms with van der Waals surface area (Å²) >= 11 is 5.74. The molecule has 2 rings (SSSR count). The molecule has 2 unspecified atom stereocenters. The summed E-state index contributed by atoms with van der Waals surface area (Å²) < 4.78 is 5.33. The Labute approximate surface area is 105 Å². The Hall–Kier alpha value is -1.26. The van der Waals surface area contributed by atoms with Crippen LogP contribution in [0.1, 0.15) is 6.42 Å². The van der Waals surface area contributed by atoms with Crippen LogP contribution in [0.5, 0.6) is 5.75 Å². The van der Waals surface area contributed by atoms with Crippen molar-refractivity contribution in [3.8, 4) is 5.75 Å². The summed E-state index contributed by atoms with van der Waals surface area (Å²) in [4.78, 5) is 11.5. The summed E-state index contributed by atoms with van der Waals surface area (Å²) in [6, 6.07) is 7.60. The molecule has 1 aliphatic carbocycles. The molecule has 1 amide bonds. The molecule has 0 aliphatic heterocycles. The Bertz CT molecular complexity index is 394. The van der Waals surface area contributed by atoms with E-state index < -0.39 is 0 Å². The van der Waals surface area contributed by atoms with E-state index in [-0.39, 0.29) is 18.6 Å². The Morgan fingerprint density at radius 3 is 2.71 bits per heavy atom. The highest BCUT2D eigenvalue weighted by Gasteiger charge is 2.36. The van der Waals surface area contributed by atoms with E-state index in [0.29, 0.717) is 16.8 Å². The van der Waals surface area contributed by atoms with Gasteiger partial charge >= 0.3 is 0 Å². The van der Waals surface area contributed by atoms with Gasteiger partial charge in [0.15, 0.2) is 6.61 Å². The van der Waals surface area contributed by atoms with E-state index in [9.17, 15) is 4.79 Å². The van der Waals surface area contributed by atoms with Crippen molar-refractivity contribution in [3.05, 3.63) is 29.3 Å². The molecule has 2 atom stereocenters. The number of ether oxygens (including phenoxy) is 1. The number of hydrogen-bond donors (Lipinski definition) is 2. The van der Waals surface area contributed by atoms with Crippen molar-refractivity contribution in [1.82, 2.24) is 10.6 Å². The molecule has 0 saturated heterocycles. The third kappa shape index (κ3) is 3.61. The molecule has 0 radical (unpaired) electrons. The molecule has 1 saturated carbocycles. The van der Waals surface area contributed by atoms with Crippen molar-refractivity contribution in [3.63, 3.8) is 0 Å². The number of amides is 1. The maximum Gasteiger partial charge on any atom is 0.258 e. The molecule has 0 heterocycles. The molecular formula is C12H15ClN2O2. The van der Waals surface area contributed by atoms with Gasteiger partial charge in [-0.3, -0.25) is 4.79 Å².